The number of methoxy groups -OCH3 is 1. The largest absolute Gasteiger partial charge is 0.467 e. The third-order valence-electron chi connectivity index (χ3n) is 2.82. The Morgan fingerprint density at radius 2 is 2.05 bits per heavy atom. The van der Waals surface area contributed by atoms with Gasteiger partial charge in [-0.3, -0.25) is 10.3 Å². The van der Waals surface area contributed by atoms with Gasteiger partial charge in [-0.2, -0.15) is 13.2 Å². The molecule has 1 unspecified atom stereocenters. The van der Waals surface area contributed by atoms with Gasteiger partial charge in [-0.1, -0.05) is 6.92 Å². The highest BCUT2D eigenvalue weighted by Gasteiger charge is 2.43. The topological polar surface area (TPSA) is 51.2 Å². The molecule has 0 aliphatic heterocycles. The lowest BCUT2D eigenvalue weighted by molar-refractivity contribution is -0.154. The second-order valence-electron chi connectivity index (χ2n) is 4.08. The van der Waals surface area contributed by atoms with Crippen LogP contribution >= 0.6 is 0 Å². The second kappa shape index (κ2) is 6.17. The van der Waals surface area contributed by atoms with Crippen LogP contribution in [0.1, 0.15) is 19.0 Å². The first-order chi connectivity index (χ1) is 9.25. The number of alkyl halides is 3. The number of pyridine rings is 1. The monoisotopic (exact) mass is 294 g/mol. The highest BCUT2D eigenvalue weighted by molar-refractivity contribution is 5.81. The Labute approximate surface area is 113 Å². The molecule has 0 aromatic carbocycles. The molecule has 0 saturated heterocycles. The molecule has 8 heteroatoms. The van der Waals surface area contributed by atoms with Crippen LogP contribution in [0, 0.1) is 5.82 Å². The van der Waals surface area contributed by atoms with Gasteiger partial charge in [0.15, 0.2) is 5.54 Å². The number of nitrogens with zero attached hydrogens (tertiary/aromatic N) is 1. The Balaban J connectivity index is 3.17. The molecular formula is C12H14F4N2O2. The molecule has 4 nitrogen and oxygen atoms in total. The molecule has 1 heterocycles. The van der Waals surface area contributed by atoms with E-state index >= 15 is 0 Å². The van der Waals surface area contributed by atoms with E-state index in [0.717, 1.165) is 25.4 Å². The molecule has 0 bridgehead atoms. The van der Waals surface area contributed by atoms with Gasteiger partial charge >= 0.3 is 12.1 Å². The van der Waals surface area contributed by atoms with Crippen LogP contribution in [0.4, 0.5) is 17.6 Å². The Morgan fingerprint density at radius 3 is 2.45 bits per heavy atom. The fourth-order valence-electron chi connectivity index (χ4n) is 1.77. The number of aromatic nitrogens is 1. The maximum absolute atomic E-state index is 12.9. The summed E-state index contributed by atoms with van der Waals surface area (Å²) in [7, 11) is 1.06. The minimum Gasteiger partial charge on any atom is -0.467 e. The van der Waals surface area contributed by atoms with E-state index in [2.05, 4.69) is 15.0 Å². The van der Waals surface area contributed by atoms with E-state index in [0.29, 0.717) is 0 Å². The summed E-state index contributed by atoms with van der Waals surface area (Å²) in [5.41, 5.74) is -1.80. The summed E-state index contributed by atoms with van der Waals surface area (Å²) in [4.78, 5) is 15.6. The summed E-state index contributed by atoms with van der Waals surface area (Å²) in [6.07, 6.45) is -3.71. The molecule has 1 rings (SSSR count). The summed E-state index contributed by atoms with van der Waals surface area (Å²) in [6.45, 7) is 0.111. The van der Waals surface area contributed by atoms with Gasteiger partial charge < -0.3 is 4.74 Å². The lowest BCUT2D eigenvalue weighted by Gasteiger charge is -2.30. The average molecular weight is 294 g/mol. The first kappa shape index (κ1) is 16.4. The lowest BCUT2D eigenvalue weighted by atomic mass is 9.91. The second-order valence-corrected chi connectivity index (χ2v) is 4.08. The number of ether oxygens (including phenoxy) is 1. The summed E-state index contributed by atoms with van der Waals surface area (Å²) in [5.74, 6) is -1.57. The van der Waals surface area contributed by atoms with Crippen molar-refractivity contribution >= 4 is 5.97 Å². The van der Waals surface area contributed by atoms with Gasteiger partial charge in [-0.15, -0.1) is 0 Å². The van der Waals surface area contributed by atoms with Gasteiger partial charge in [-0.25, -0.2) is 9.18 Å². The molecule has 112 valence electrons. The van der Waals surface area contributed by atoms with E-state index in [1.165, 1.54) is 6.92 Å². The van der Waals surface area contributed by atoms with Crippen LogP contribution in [0.25, 0.3) is 0 Å². The van der Waals surface area contributed by atoms with E-state index in [1.807, 2.05) is 0 Å². The van der Waals surface area contributed by atoms with E-state index in [-0.39, 0.29) is 12.1 Å². The van der Waals surface area contributed by atoms with E-state index in [1.54, 1.807) is 0 Å². The summed E-state index contributed by atoms with van der Waals surface area (Å²) < 4.78 is 54.5. The SMILES string of the molecule is CCC(NCC(F)(F)F)(C(=O)OC)c1ccc(F)cn1. The first-order valence-electron chi connectivity index (χ1n) is 5.77. The van der Waals surface area contributed by atoms with Crippen molar-refractivity contribution in [3.8, 4) is 0 Å². The summed E-state index contributed by atoms with van der Waals surface area (Å²) >= 11 is 0. The number of esters is 1. The van der Waals surface area contributed by atoms with Gasteiger partial charge in [0.1, 0.15) is 5.82 Å². The summed E-state index contributed by atoms with van der Waals surface area (Å²) in [5, 5.41) is 2.12. The van der Waals surface area contributed by atoms with Crippen LogP contribution in [0.5, 0.6) is 0 Å². The van der Waals surface area contributed by atoms with E-state index < -0.39 is 30.0 Å². The van der Waals surface area contributed by atoms with Crippen LogP contribution in [0.3, 0.4) is 0 Å². The minimum absolute atomic E-state index is 0.0301. The molecule has 1 atom stereocenters. The van der Waals surface area contributed by atoms with E-state index in [4.69, 9.17) is 0 Å². The predicted octanol–water partition coefficient (Wildman–Crippen LogP) is 2.15. The maximum atomic E-state index is 12.9. The van der Waals surface area contributed by atoms with Gasteiger partial charge in [0.05, 0.1) is 25.5 Å². The number of rotatable bonds is 5. The van der Waals surface area contributed by atoms with Crippen molar-refractivity contribution in [3.63, 3.8) is 0 Å². The fraction of sp³-hybridized carbons (Fsp3) is 0.500. The van der Waals surface area contributed by atoms with Crippen molar-refractivity contribution in [1.29, 1.82) is 0 Å². The van der Waals surface area contributed by atoms with Crippen molar-refractivity contribution in [2.45, 2.75) is 25.1 Å². The standard InChI is InChI=1S/C12H14F4N2O2/c1-3-11(10(19)20-2,18-7-12(14,15)16)9-5-4-8(13)6-17-9/h4-6,18H,3,7H2,1-2H3. The molecule has 0 radical (unpaired) electrons. The third kappa shape index (κ3) is 3.66. The average Bonchev–Trinajstić information content (AvgIpc) is 2.40. The summed E-state index contributed by atoms with van der Waals surface area (Å²) in [6, 6.07) is 2.17. The number of nitrogens with one attached hydrogen (secondary N) is 1. The molecule has 0 aliphatic carbocycles. The Kier molecular flexibility index (Phi) is 5.04. The molecular weight excluding hydrogens is 280 g/mol. The van der Waals surface area contributed by atoms with Crippen LogP contribution < -0.4 is 5.32 Å². The van der Waals surface area contributed by atoms with Crippen LogP contribution in [0.15, 0.2) is 18.3 Å². The number of hydrogen-bond donors (Lipinski definition) is 1. The van der Waals surface area contributed by atoms with Crippen molar-refractivity contribution in [3.05, 3.63) is 29.8 Å². The first-order valence-corrected chi connectivity index (χ1v) is 5.77. The number of carbonyl (C=O) groups is 1. The van der Waals surface area contributed by atoms with Gasteiger partial charge in [-0.05, 0) is 18.6 Å². The highest BCUT2D eigenvalue weighted by atomic mass is 19.4. The van der Waals surface area contributed by atoms with Crippen molar-refractivity contribution in [2.24, 2.45) is 0 Å². The number of carbonyl (C=O) groups excluding carboxylic acids is 1. The normalized spacial score (nSPS) is 14.7. The maximum Gasteiger partial charge on any atom is 0.401 e. The van der Waals surface area contributed by atoms with Crippen LogP contribution in [0.2, 0.25) is 0 Å². The molecule has 1 aromatic rings. The predicted molar refractivity (Wildman–Crippen MR) is 62.2 cm³/mol. The lowest BCUT2D eigenvalue weighted by Crippen LogP contribution is -2.52. The van der Waals surface area contributed by atoms with Crippen molar-refractivity contribution in [2.75, 3.05) is 13.7 Å². The van der Waals surface area contributed by atoms with Gasteiger partial charge in [0.25, 0.3) is 0 Å². The quantitative estimate of drug-likeness (QED) is 0.668. The fourth-order valence-corrected chi connectivity index (χ4v) is 1.77. The molecule has 0 amide bonds. The van der Waals surface area contributed by atoms with E-state index in [9.17, 15) is 22.4 Å². The molecule has 1 aromatic heterocycles. The third-order valence-corrected chi connectivity index (χ3v) is 2.82. The molecule has 0 spiro atoms. The van der Waals surface area contributed by atoms with Gasteiger partial charge in [0.2, 0.25) is 0 Å². The number of hydrogen-bond acceptors (Lipinski definition) is 4. The van der Waals surface area contributed by atoms with Crippen molar-refractivity contribution in [1.82, 2.24) is 10.3 Å². The van der Waals surface area contributed by atoms with Crippen LogP contribution in [-0.2, 0) is 15.1 Å². The zero-order chi connectivity index (χ0) is 15.4. The Bertz CT molecular complexity index is 462. The van der Waals surface area contributed by atoms with Gasteiger partial charge in [0, 0.05) is 0 Å². The molecule has 0 fully saturated rings. The highest BCUT2D eigenvalue weighted by Crippen LogP contribution is 2.27. The molecule has 0 aliphatic rings. The number of halogens is 4. The van der Waals surface area contributed by atoms with Crippen LogP contribution in [-0.4, -0.2) is 30.8 Å². The molecule has 20 heavy (non-hydrogen) atoms. The molecule has 0 saturated carbocycles. The zero-order valence-electron chi connectivity index (χ0n) is 10.9. The molecule has 1 N–H and O–H groups in total. The Hall–Kier alpha value is -1.70. The Morgan fingerprint density at radius 1 is 1.40 bits per heavy atom. The minimum atomic E-state index is -4.51. The zero-order valence-corrected chi connectivity index (χ0v) is 10.9. The smallest absolute Gasteiger partial charge is 0.401 e. The van der Waals surface area contributed by atoms with Crippen molar-refractivity contribution < 1.29 is 27.1 Å².